The maximum atomic E-state index is 13.2. The summed E-state index contributed by atoms with van der Waals surface area (Å²) in [6.07, 6.45) is 4.16. The van der Waals surface area contributed by atoms with Crippen LogP contribution in [0.25, 0.3) is 11.4 Å². The Morgan fingerprint density at radius 3 is 2.80 bits per heavy atom. The van der Waals surface area contributed by atoms with Gasteiger partial charge in [-0.3, -0.25) is 0 Å². The van der Waals surface area contributed by atoms with Gasteiger partial charge in [-0.15, -0.1) is 0 Å². The summed E-state index contributed by atoms with van der Waals surface area (Å²) in [5.74, 6) is 0.770. The fraction of sp³-hybridized carbons (Fsp3) is 0.429. The molecule has 4 nitrogen and oxygen atoms in total. The molecule has 0 amide bonds. The molecular weight excluding hydrogens is 325 g/mol. The number of nitrogens with two attached hydrogens (primary N) is 1. The molecule has 1 aromatic heterocycles. The van der Waals surface area contributed by atoms with Crippen LogP contribution in [0.15, 0.2) is 27.2 Å². The summed E-state index contributed by atoms with van der Waals surface area (Å²) in [7, 11) is 0. The number of aromatic nitrogens is 2. The van der Waals surface area contributed by atoms with Crippen LogP contribution in [-0.4, -0.2) is 16.7 Å². The summed E-state index contributed by atoms with van der Waals surface area (Å²) < 4.78 is 18.9. The van der Waals surface area contributed by atoms with Crippen molar-refractivity contribution in [3.63, 3.8) is 0 Å². The van der Waals surface area contributed by atoms with E-state index < -0.39 is 0 Å². The maximum absolute atomic E-state index is 13.2. The Morgan fingerprint density at radius 2 is 2.20 bits per heavy atom. The van der Waals surface area contributed by atoms with E-state index in [1.165, 1.54) is 12.5 Å². The zero-order valence-corrected chi connectivity index (χ0v) is 12.5. The predicted octanol–water partition coefficient (Wildman–Crippen LogP) is 3.31. The molecule has 1 saturated carbocycles. The molecule has 6 heteroatoms. The molecule has 1 fully saturated rings. The van der Waals surface area contributed by atoms with Gasteiger partial charge in [0.25, 0.3) is 0 Å². The molecule has 1 aliphatic carbocycles. The summed E-state index contributed by atoms with van der Waals surface area (Å²) in [6.45, 7) is 0.646. The Labute approximate surface area is 124 Å². The van der Waals surface area contributed by atoms with Crippen LogP contribution in [0.5, 0.6) is 0 Å². The van der Waals surface area contributed by atoms with Gasteiger partial charge in [0.2, 0.25) is 11.7 Å². The third-order valence-corrected chi connectivity index (χ3v) is 4.63. The van der Waals surface area contributed by atoms with E-state index in [9.17, 15) is 4.39 Å². The molecule has 3 rings (SSSR count). The average Bonchev–Trinajstić information content (AvgIpc) is 2.85. The predicted molar refractivity (Wildman–Crippen MR) is 76.4 cm³/mol. The molecule has 0 saturated heterocycles. The van der Waals surface area contributed by atoms with Crippen molar-refractivity contribution in [2.24, 2.45) is 11.1 Å². The van der Waals surface area contributed by atoms with E-state index in [4.69, 9.17) is 10.3 Å². The minimum Gasteiger partial charge on any atom is -0.339 e. The van der Waals surface area contributed by atoms with E-state index in [1.54, 1.807) is 12.1 Å². The van der Waals surface area contributed by atoms with Gasteiger partial charge in [0.1, 0.15) is 5.82 Å². The van der Waals surface area contributed by atoms with Crippen molar-refractivity contribution in [2.75, 3.05) is 6.54 Å². The van der Waals surface area contributed by atoms with Crippen LogP contribution >= 0.6 is 15.9 Å². The Kier molecular flexibility index (Phi) is 3.60. The second kappa shape index (κ2) is 5.26. The first-order chi connectivity index (χ1) is 9.62. The van der Waals surface area contributed by atoms with Crippen molar-refractivity contribution in [1.82, 2.24) is 10.1 Å². The van der Waals surface area contributed by atoms with E-state index >= 15 is 0 Å². The van der Waals surface area contributed by atoms with E-state index in [-0.39, 0.29) is 11.2 Å². The fourth-order valence-electron chi connectivity index (χ4n) is 2.53. The lowest BCUT2D eigenvalue weighted by Crippen LogP contribution is -2.39. The fourth-order valence-corrected chi connectivity index (χ4v) is 2.91. The van der Waals surface area contributed by atoms with E-state index in [2.05, 4.69) is 26.1 Å². The molecule has 0 unspecified atom stereocenters. The van der Waals surface area contributed by atoms with Crippen LogP contribution in [-0.2, 0) is 6.42 Å². The van der Waals surface area contributed by atoms with Gasteiger partial charge in [-0.2, -0.15) is 4.98 Å². The van der Waals surface area contributed by atoms with Crippen molar-refractivity contribution < 1.29 is 8.91 Å². The largest absolute Gasteiger partial charge is 0.339 e. The summed E-state index contributed by atoms with van der Waals surface area (Å²) in [6, 6.07) is 4.66. The Bertz CT molecular complexity index is 619. The molecular formula is C14H15BrFN3O. The van der Waals surface area contributed by atoms with Gasteiger partial charge < -0.3 is 10.3 Å². The molecule has 2 N–H and O–H groups in total. The minimum atomic E-state index is -0.311. The lowest BCUT2D eigenvalue weighted by atomic mass is 9.67. The Balaban J connectivity index is 1.81. The third-order valence-electron chi connectivity index (χ3n) is 4.02. The van der Waals surface area contributed by atoms with Crippen LogP contribution in [0, 0.1) is 11.2 Å². The summed E-state index contributed by atoms with van der Waals surface area (Å²) >= 11 is 3.15. The van der Waals surface area contributed by atoms with Crippen LogP contribution < -0.4 is 5.73 Å². The van der Waals surface area contributed by atoms with Crippen LogP contribution in [0.1, 0.15) is 25.2 Å². The average molecular weight is 340 g/mol. The Hall–Kier alpha value is -1.27. The zero-order valence-electron chi connectivity index (χ0n) is 10.9. The molecule has 106 valence electrons. The van der Waals surface area contributed by atoms with Gasteiger partial charge >= 0.3 is 0 Å². The van der Waals surface area contributed by atoms with Gasteiger partial charge in [-0.1, -0.05) is 11.6 Å². The van der Waals surface area contributed by atoms with Gasteiger partial charge in [-0.25, -0.2) is 4.39 Å². The molecule has 2 aromatic rings. The molecule has 0 aliphatic heterocycles. The number of hydrogen-bond donors (Lipinski definition) is 1. The SMILES string of the molecule is NCC1(Cc2nc(-c3ccc(F)c(Br)c3)no2)CCC1. The first kappa shape index (κ1) is 13.7. The highest BCUT2D eigenvalue weighted by molar-refractivity contribution is 9.10. The molecule has 0 atom stereocenters. The molecule has 1 aliphatic rings. The molecule has 0 spiro atoms. The number of nitrogens with zero attached hydrogens (tertiary/aromatic N) is 2. The van der Waals surface area contributed by atoms with Gasteiger partial charge in [0.15, 0.2) is 0 Å². The van der Waals surface area contributed by atoms with Crippen molar-refractivity contribution in [1.29, 1.82) is 0 Å². The first-order valence-corrected chi connectivity index (χ1v) is 7.39. The zero-order chi connectivity index (χ0) is 14.2. The van der Waals surface area contributed by atoms with E-state index in [0.717, 1.165) is 24.8 Å². The summed E-state index contributed by atoms with van der Waals surface area (Å²) in [4.78, 5) is 4.39. The number of rotatable bonds is 4. The maximum Gasteiger partial charge on any atom is 0.227 e. The Morgan fingerprint density at radius 1 is 1.40 bits per heavy atom. The van der Waals surface area contributed by atoms with Crippen molar-refractivity contribution in [2.45, 2.75) is 25.7 Å². The molecule has 0 radical (unpaired) electrons. The van der Waals surface area contributed by atoms with Gasteiger partial charge in [-0.05, 0) is 58.9 Å². The van der Waals surface area contributed by atoms with E-state index in [1.807, 2.05) is 0 Å². The molecule has 1 aromatic carbocycles. The second-order valence-electron chi connectivity index (χ2n) is 5.38. The lowest BCUT2D eigenvalue weighted by Gasteiger charge is -2.39. The van der Waals surface area contributed by atoms with Crippen LogP contribution in [0.2, 0.25) is 0 Å². The quantitative estimate of drug-likeness (QED) is 0.927. The molecule has 1 heterocycles. The third kappa shape index (κ3) is 2.50. The van der Waals surface area contributed by atoms with Crippen molar-refractivity contribution in [3.05, 3.63) is 34.4 Å². The second-order valence-corrected chi connectivity index (χ2v) is 6.23. The van der Waals surface area contributed by atoms with Crippen LogP contribution in [0.3, 0.4) is 0 Å². The molecule has 20 heavy (non-hydrogen) atoms. The summed E-state index contributed by atoms with van der Waals surface area (Å²) in [5.41, 5.74) is 6.69. The van der Waals surface area contributed by atoms with Crippen molar-refractivity contribution in [3.8, 4) is 11.4 Å². The number of halogens is 2. The molecule has 0 bridgehead atoms. The lowest BCUT2D eigenvalue weighted by molar-refractivity contribution is 0.129. The van der Waals surface area contributed by atoms with E-state index in [0.29, 0.717) is 22.7 Å². The number of benzene rings is 1. The highest BCUT2D eigenvalue weighted by atomic mass is 79.9. The monoisotopic (exact) mass is 339 g/mol. The van der Waals surface area contributed by atoms with Crippen molar-refractivity contribution >= 4 is 15.9 Å². The van der Waals surface area contributed by atoms with Crippen LogP contribution in [0.4, 0.5) is 4.39 Å². The van der Waals surface area contributed by atoms with Gasteiger partial charge in [0, 0.05) is 12.0 Å². The minimum absolute atomic E-state index is 0.132. The van der Waals surface area contributed by atoms with Gasteiger partial charge in [0.05, 0.1) is 4.47 Å². The summed E-state index contributed by atoms with van der Waals surface area (Å²) in [5, 5.41) is 3.96. The normalized spacial score (nSPS) is 16.9. The number of hydrogen-bond acceptors (Lipinski definition) is 4. The smallest absolute Gasteiger partial charge is 0.227 e. The topological polar surface area (TPSA) is 64.9 Å². The highest BCUT2D eigenvalue weighted by Crippen LogP contribution is 2.42. The highest BCUT2D eigenvalue weighted by Gasteiger charge is 2.37. The first-order valence-electron chi connectivity index (χ1n) is 6.60. The standard InChI is InChI=1S/C14H15BrFN3O/c15-10-6-9(2-3-11(10)16)13-18-12(20-19-13)7-14(8-17)4-1-5-14/h2-3,6H,1,4-5,7-8,17H2.